The van der Waals surface area contributed by atoms with Gasteiger partial charge in [-0.2, -0.15) is 5.26 Å². The van der Waals surface area contributed by atoms with Gasteiger partial charge in [-0.3, -0.25) is 4.79 Å². The molecule has 0 fully saturated rings. The second kappa shape index (κ2) is 8.78. The zero-order valence-electron chi connectivity index (χ0n) is 14.9. The van der Waals surface area contributed by atoms with Crippen LogP contribution in [0.25, 0.3) is 6.08 Å². The molecule has 0 saturated carbocycles. The van der Waals surface area contributed by atoms with E-state index in [2.05, 4.69) is 10.1 Å². The van der Waals surface area contributed by atoms with E-state index in [4.69, 9.17) is 4.74 Å². The molecule has 7 nitrogen and oxygen atoms in total. The van der Waals surface area contributed by atoms with Crippen LogP contribution < -0.4 is 5.32 Å². The number of nitrogens with zero attached hydrogens (tertiary/aromatic N) is 1. The number of nitriles is 1. The van der Waals surface area contributed by atoms with Crippen molar-refractivity contribution in [2.24, 2.45) is 0 Å². The Bertz CT molecular complexity index is 951. The molecule has 0 atom stereocenters. The van der Waals surface area contributed by atoms with E-state index in [9.17, 15) is 19.6 Å². The SMILES string of the molecule is COC(=O)c1ccc(C=C(C#N)C(=O)Nc2sc(C)cc2C(=O)OC)cc1. The lowest BCUT2D eigenvalue weighted by molar-refractivity contribution is -0.112. The Hall–Kier alpha value is -3.44. The fourth-order valence-corrected chi connectivity index (χ4v) is 3.08. The molecule has 0 bridgehead atoms. The predicted octanol–water partition coefficient (Wildman–Crippen LogP) is 3.18. The van der Waals surface area contributed by atoms with E-state index in [1.165, 1.54) is 43.8 Å². The number of nitrogens with one attached hydrogen (secondary N) is 1. The molecular weight excluding hydrogens is 368 g/mol. The van der Waals surface area contributed by atoms with Crippen molar-refractivity contribution in [2.45, 2.75) is 6.92 Å². The molecule has 138 valence electrons. The summed E-state index contributed by atoms with van der Waals surface area (Å²) in [7, 11) is 2.53. The van der Waals surface area contributed by atoms with E-state index < -0.39 is 17.8 Å². The van der Waals surface area contributed by atoms with Crippen LogP contribution in [0.15, 0.2) is 35.9 Å². The largest absolute Gasteiger partial charge is 0.465 e. The maximum absolute atomic E-state index is 12.4. The number of esters is 2. The highest BCUT2D eigenvalue weighted by atomic mass is 32.1. The summed E-state index contributed by atoms with van der Waals surface area (Å²) >= 11 is 1.21. The Morgan fingerprint density at radius 3 is 2.30 bits per heavy atom. The first-order valence-electron chi connectivity index (χ1n) is 7.70. The third kappa shape index (κ3) is 4.80. The number of amides is 1. The van der Waals surface area contributed by atoms with E-state index >= 15 is 0 Å². The van der Waals surface area contributed by atoms with Gasteiger partial charge in [0.05, 0.1) is 25.3 Å². The van der Waals surface area contributed by atoms with Gasteiger partial charge in [0.2, 0.25) is 0 Å². The fraction of sp³-hybridized carbons (Fsp3) is 0.158. The van der Waals surface area contributed by atoms with E-state index in [-0.39, 0.29) is 11.1 Å². The predicted molar refractivity (Wildman–Crippen MR) is 100 cm³/mol. The summed E-state index contributed by atoms with van der Waals surface area (Å²) in [6.07, 6.45) is 1.38. The second-order valence-corrected chi connectivity index (χ2v) is 6.59. The number of carbonyl (C=O) groups is 3. The molecule has 0 aliphatic heterocycles. The first kappa shape index (κ1) is 19.9. The van der Waals surface area contributed by atoms with Gasteiger partial charge in [0.15, 0.2) is 0 Å². The van der Waals surface area contributed by atoms with Crippen LogP contribution in [0.2, 0.25) is 0 Å². The lowest BCUT2D eigenvalue weighted by atomic mass is 10.1. The van der Waals surface area contributed by atoms with Crippen molar-refractivity contribution < 1.29 is 23.9 Å². The van der Waals surface area contributed by atoms with Crippen molar-refractivity contribution in [1.82, 2.24) is 0 Å². The van der Waals surface area contributed by atoms with Crippen molar-refractivity contribution in [1.29, 1.82) is 5.26 Å². The van der Waals surface area contributed by atoms with E-state index in [0.717, 1.165) is 4.88 Å². The molecule has 1 amide bonds. The van der Waals surface area contributed by atoms with Crippen LogP contribution in [0, 0.1) is 18.3 Å². The van der Waals surface area contributed by atoms with E-state index in [0.29, 0.717) is 16.1 Å². The Morgan fingerprint density at radius 2 is 1.74 bits per heavy atom. The summed E-state index contributed by atoms with van der Waals surface area (Å²) < 4.78 is 9.31. The standard InChI is InChI=1S/C19H16N2O5S/c1-11-8-15(19(24)26-3)17(27-11)21-16(22)14(10-20)9-12-4-6-13(7-5-12)18(23)25-2/h4-9H,1-3H3,(H,21,22). The summed E-state index contributed by atoms with van der Waals surface area (Å²) in [4.78, 5) is 36.5. The molecule has 0 aliphatic carbocycles. The fourth-order valence-electron chi connectivity index (χ4n) is 2.19. The smallest absolute Gasteiger partial charge is 0.340 e. The van der Waals surface area contributed by atoms with Crippen molar-refractivity contribution >= 4 is 40.3 Å². The first-order valence-corrected chi connectivity index (χ1v) is 8.51. The van der Waals surface area contributed by atoms with Crippen LogP contribution >= 0.6 is 11.3 Å². The monoisotopic (exact) mass is 384 g/mol. The molecule has 2 aromatic rings. The molecule has 0 aliphatic rings. The highest BCUT2D eigenvalue weighted by Gasteiger charge is 2.19. The van der Waals surface area contributed by atoms with Crippen LogP contribution in [0.4, 0.5) is 5.00 Å². The van der Waals surface area contributed by atoms with E-state index in [1.54, 1.807) is 25.1 Å². The molecule has 1 heterocycles. The third-order valence-electron chi connectivity index (χ3n) is 3.50. The number of rotatable bonds is 5. The van der Waals surface area contributed by atoms with Crippen molar-refractivity contribution in [3.63, 3.8) is 0 Å². The minimum Gasteiger partial charge on any atom is -0.465 e. The minimum atomic E-state index is -0.651. The third-order valence-corrected chi connectivity index (χ3v) is 4.46. The highest BCUT2D eigenvalue weighted by Crippen LogP contribution is 2.28. The number of thiophene rings is 1. The van der Waals surface area contributed by atoms with Gasteiger partial charge < -0.3 is 14.8 Å². The molecule has 2 rings (SSSR count). The van der Waals surface area contributed by atoms with Gasteiger partial charge in [0.1, 0.15) is 16.6 Å². The summed E-state index contributed by atoms with van der Waals surface area (Å²) in [5, 5.41) is 12.2. The maximum Gasteiger partial charge on any atom is 0.340 e. The number of methoxy groups -OCH3 is 2. The Morgan fingerprint density at radius 1 is 1.11 bits per heavy atom. The van der Waals surface area contributed by atoms with Gasteiger partial charge in [0, 0.05) is 4.88 Å². The number of aryl methyl sites for hydroxylation is 1. The summed E-state index contributed by atoms with van der Waals surface area (Å²) in [5.41, 5.74) is 0.995. The molecular formula is C19H16N2O5S. The highest BCUT2D eigenvalue weighted by molar-refractivity contribution is 7.16. The lowest BCUT2D eigenvalue weighted by Gasteiger charge is -2.05. The van der Waals surface area contributed by atoms with Crippen LogP contribution in [-0.2, 0) is 14.3 Å². The van der Waals surface area contributed by atoms with Gasteiger partial charge in [-0.05, 0) is 36.8 Å². The Kier molecular flexibility index (Phi) is 6.46. The zero-order chi connectivity index (χ0) is 20.0. The number of hydrogen-bond donors (Lipinski definition) is 1. The van der Waals surface area contributed by atoms with Crippen LogP contribution in [0.5, 0.6) is 0 Å². The molecule has 27 heavy (non-hydrogen) atoms. The Labute approximate surface area is 159 Å². The minimum absolute atomic E-state index is 0.150. The quantitative estimate of drug-likeness (QED) is 0.482. The number of benzene rings is 1. The van der Waals surface area contributed by atoms with Crippen molar-refractivity contribution in [3.8, 4) is 6.07 Å². The Balaban J connectivity index is 2.24. The van der Waals surface area contributed by atoms with Gasteiger partial charge in [-0.15, -0.1) is 11.3 Å². The summed E-state index contributed by atoms with van der Waals surface area (Å²) in [5.74, 6) is -1.70. The van der Waals surface area contributed by atoms with Crippen molar-refractivity contribution in [3.05, 3.63) is 57.5 Å². The molecule has 0 radical (unpaired) electrons. The lowest BCUT2D eigenvalue weighted by Crippen LogP contribution is -2.15. The molecule has 0 unspecified atom stereocenters. The van der Waals surface area contributed by atoms with Gasteiger partial charge in [-0.25, -0.2) is 9.59 Å². The molecule has 8 heteroatoms. The van der Waals surface area contributed by atoms with E-state index in [1.807, 2.05) is 6.07 Å². The zero-order valence-corrected chi connectivity index (χ0v) is 15.7. The summed E-state index contributed by atoms with van der Waals surface area (Å²) in [6, 6.07) is 9.68. The van der Waals surface area contributed by atoms with Gasteiger partial charge >= 0.3 is 11.9 Å². The number of ether oxygens (including phenoxy) is 2. The normalized spacial score (nSPS) is 10.7. The summed E-state index contributed by atoms with van der Waals surface area (Å²) in [6.45, 7) is 1.79. The molecule has 1 aromatic carbocycles. The van der Waals surface area contributed by atoms with Crippen LogP contribution in [0.3, 0.4) is 0 Å². The average molecular weight is 384 g/mol. The van der Waals surface area contributed by atoms with Crippen LogP contribution in [-0.4, -0.2) is 32.1 Å². The van der Waals surface area contributed by atoms with Crippen molar-refractivity contribution in [2.75, 3.05) is 19.5 Å². The molecule has 1 N–H and O–H groups in total. The number of hydrogen-bond acceptors (Lipinski definition) is 7. The topological polar surface area (TPSA) is 105 Å². The van der Waals surface area contributed by atoms with Gasteiger partial charge in [-0.1, -0.05) is 12.1 Å². The number of carbonyl (C=O) groups excluding carboxylic acids is 3. The van der Waals surface area contributed by atoms with Crippen LogP contribution in [0.1, 0.15) is 31.2 Å². The molecule has 0 spiro atoms. The molecule has 1 aromatic heterocycles. The first-order chi connectivity index (χ1) is 12.9. The van der Waals surface area contributed by atoms with Gasteiger partial charge in [0.25, 0.3) is 5.91 Å². The maximum atomic E-state index is 12.4. The number of anilines is 1. The molecule has 0 saturated heterocycles. The second-order valence-electron chi connectivity index (χ2n) is 5.33. The average Bonchev–Trinajstić information content (AvgIpc) is 3.05.